The lowest BCUT2D eigenvalue weighted by atomic mass is 9.85. The molecule has 1 atom stereocenters. The molecule has 0 radical (unpaired) electrons. The van der Waals surface area contributed by atoms with Crippen molar-refractivity contribution in [2.45, 2.75) is 40.0 Å². The highest BCUT2D eigenvalue weighted by Gasteiger charge is 2.36. The third-order valence-electron chi connectivity index (χ3n) is 4.15. The van der Waals surface area contributed by atoms with Gasteiger partial charge in [-0.05, 0) is 33.1 Å². The summed E-state index contributed by atoms with van der Waals surface area (Å²) < 4.78 is 5.02. The first-order valence-corrected chi connectivity index (χ1v) is 7.14. The maximum absolute atomic E-state index is 12.4. The molecule has 1 saturated heterocycles. The molecule has 1 fully saturated rings. The van der Waals surface area contributed by atoms with Crippen molar-refractivity contribution in [3.63, 3.8) is 0 Å². The van der Waals surface area contributed by atoms with Gasteiger partial charge in [0.2, 0.25) is 5.91 Å². The monoisotopic (exact) mass is 270 g/mol. The number of hydrogen-bond donors (Lipinski definition) is 1. The highest BCUT2D eigenvalue weighted by atomic mass is 16.5. The van der Waals surface area contributed by atoms with Crippen LogP contribution >= 0.6 is 0 Å². The van der Waals surface area contributed by atoms with E-state index in [-0.39, 0.29) is 17.8 Å². The van der Waals surface area contributed by atoms with Crippen LogP contribution in [0, 0.1) is 11.3 Å². The number of nitrogens with zero attached hydrogens (tertiary/aromatic N) is 1. The van der Waals surface area contributed by atoms with Crippen LogP contribution in [0.4, 0.5) is 0 Å². The van der Waals surface area contributed by atoms with Gasteiger partial charge in [-0.2, -0.15) is 0 Å². The average molecular weight is 270 g/mol. The lowest BCUT2D eigenvalue weighted by Crippen LogP contribution is -2.49. The second kappa shape index (κ2) is 6.89. The number of nitrogens with two attached hydrogens (primary N) is 1. The molecule has 0 aliphatic carbocycles. The quantitative estimate of drug-likeness (QED) is 0.761. The van der Waals surface area contributed by atoms with E-state index < -0.39 is 5.41 Å². The molecule has 0 saturated carbocycles. The van der Waals surface area contributed by atoms with Gasteiger partial charge >= 0.3 is 5.97 Å². The topological polar surface area (TPSA) is 72.6 Å². The third kappa shape index (κ3) is 3.69. The Labute approximate surface area is 115 Å². The van der Waals surface area contributed by atoms with Crippen LogP contribution < -0.4 is 5.73 Å². The van der Waals surface area contributed by atoms with Crippen LogP contribution in [-0.2, 0) is 14.3 Å². The van der Waals surface area contributed by atoms with E-state index in [2.05, 4.69) is 0 Å². The van der Waals surface area contributed by atoms with Crippen molar-refractivity contribution in [1.82, 2.24) is 4.90 Å². The van der Waals surface area contributed by atoms with Gasteiger partial charge in [0.1, 0.15) is 0 Å². The zero-order valence-corrected chi connectivity index (χ0v) is 12.3. The molecule has 1 amide bonds. The Morgan fingerprint density at radius 1 is 1.32 bits per heavy atom. The van der Waals surface area contributed by atoms with Crippen molar-refractivity contribution in [3.05, 3.63) is 0 Å². The molecule has 2 N–H and O–H groups in total. The van der Waals surface area contributed by atoms with Crippen molar-refractivity contribution < 1.29 is 14.3 Å². The van der Waals surface area contributed by atoms with Crippen molar-refractivity contribution in [2.75, 3.05) is 26.2 Å². The summed E-state index contributed by atoms with van der Waals surface area (Å²) in [6.45, 7) is 7.72. The van der Waals surface area contributed by atoms with Crippen molar-refractivity contribution in [2.24, 2.45) is 17.1 Å². The van der Waals surface area contributed by atoms with E-state index in [1.807, 2.05) is 25.7 Å². The minimum Gasteiger partial charge on any atom is -0.466 e. The molecule has 0 aromatic heterocycles. The smallest absolute Gasteiger partial charge is 0.309 e. The summed E-state index contributed by atoms with van der Waals surface area (Å²) in [6, 6.07) is 0. The van der Waals surface area contributed by atoms with Gasteiger partial charge in [-0.25, -0.2) is 0 Å². The van der Waals surface area contributed by atoms with Gasteiger partial charge in [-0.15, -0.1) is 0 Å². The number of likely N-dealkylation sites (tertiary alicyclic amines) is 1. The van der Waals surface area contributed by atoms with E-state index in [1.165, 1.54) is 0 Å². The maximum Gasteiger partial charge on any atom is 0.309 e. The van der Waals surface area contributed by atoms with E-state index in [1.54, 1.807) is 0 Å². The fraction of sp³-hybridized carbons (Fsp3) is 0.857. The summed E-state index contributed by atoms with van der Waals surface area (Å²) >= 11 is 0. The molecule has 0 spiro atoms. The second-order valence-electron chi connectivity index (χ2n) is 5.44. The molecule has 1 aliphatic heterocycles. The Morgan fingerprint density at radius 2 is 1.89 bits per heavy atom. The highest BCUT2D eigenvalue weighted by molar-refractivity contribution is 5.83. The van der Waals surface area contributed by atoms with Crippen LogP contribution in [0.15, 0.2) is 0 Å². The minimum absolute atomic E-state index is 0.0604. The van der Waals surface area contributed by atoms with E-state index in [0.717, 1.165) is 6.42 Å². The number of ether oxygens (including phenoxy) is 1. The van der Waals surface area contributed by atoms with Gasteiger partial charge in [0.15, 0.2) is 0 Å². The van der Waals surface area contributed by atoms with Crippen LogP contribution in [-0.4, -0.2) is 43.0 Å². The van der Waals surface area contributed by atoms with Crippen LogP contribution in [0.25, 0.3) is 0 Å². The molecule has 5 heteroatoms. The summed E-state index contributed by atoms with van der Waals surface area (Å²) in [4.78, 5) is 25.9. The molecular formula is C14H26N2O3. The normalized spacial score (nSPS) is 19.9. The van der Waals surface area contributed by atoms with Crippen LogP contribution in [0.3, 0.4) is 0 Å². The van der Waals surface area contributed by atoms with Crippen molar-refractivity contribution in [1.29, 1.82) is 0 Å². The third-order valence-corrected chi connectivity index (χ3v) is 4.15. The number of rotatable bonds is 5. The Morgan fingerprint density at radius 3 is 2.32 bits per heavy atom. The maximum atomic E-state index is 12.4. The summed E-state index contributed by atoms with van der Waals surface area (Å²) in [5.74, 6) is -0.0822. The Balaban J connectivity index is 2.54. The molecular weight excluding hydrogens is 244 g/mol. The minimum atomic E-state index is -0.475. The van der Waals surface area contributed by atoms with Gasteiger partial charge in [-0.3, -0.25) is 9.59 Å². The average Bonchev–Trinajstić information content (AvgIpc) is 2.46. The number of carbonyl (C=O) groups excluding carboxylic acids is 2. The van der Waals surface area contributed by atoms with Crippen molar-refractivity contribution >= 4 is 11.9 Å². The first-order chi connectivity index (χ1) is 8.98. The van der Waals surface area contributed by atoms with Crippen LogP contribution in [0.1, 0.15) is 40.0 Å². The molecule has 1 aliphatic rings. The Bertz CT molecular complexity index is 319. The fourth-order valence-electron chi connectivity index (χ4n) is 2.34. The number of piperidine rings is 1. The Kier molecular flexibility index (Phi) is 5.79. The predicted octanol–water partition coefficient (Wildman–Crippen LogP) is 1.16. The standard InChI is InChI=1S/C14H26N2O3/c1-4-14(3,10-15)13(18)16-8-6-11(7-9-16)12(17)19-5-2/h11H,4-10,15H2,1-3H3. The van der Waals surface area contributed by atoms with E-state index in [9.17, 15) is 9.59 Å². The SMILES string of the molecule is CCOC(=O)C1CCN(C(=O)C(C)(CC)CN)CC1. The number of carbonyl (C=O) groups is 2. The van der Waals surface area contributed by atoms with Gasteiger partial charge in [0.25, 0.3) is 0 Å². The molecule has 110 valence electrons. The van der Waals surface area contributed by atoms with Crippen LogP contribution in [0.5, 0.6) is 0 Å². The lowest BCUT2D eigenvalue weighted by molar-refractivity contribution is -0.153. The van der Waals surface area contributed by atoms with Gasteiger partial charge in [0.05, 0.1) is 17.9 Å². The molecule has 19 heavy (non-hydrogen) atoms. The number of amides is 1. The summed E-state index contributed by atoms with van der Waals surface area (Å²) in [7, 11) is 0. The lowest BCUT2D eigenvalue weighted by Gasteiger charge is -2.37. The number of hydrogen-bond acceptors (Lipinski definition) is 4. The summed E-state index contributed by atoms with van der Waals surface area (Å²) in [5, 5.41) is 0. The largest absolute Gasteiger partial charge is 0.466 e. The molecule has 1 heterocycles. The predicted molar refractivity (Wildman–Crippen MR) is 73.4 cm³/mol. The van der Waals surface area contributed by atoms with Crippen LogP contribution in [0.2, 0.25) is 0 Å². The zero-order chi connectivity index (χ0) is 14.5. The van der Waals surface area contributed by atoms with Gasteiger partial charge in [-0.1, -0.05) is 6.92 Å². The van der Waals surface area contributed by atoms with Gasteiger partial charge in [0, 0.05) is 19.6 Å². The summed E-state index contributed by atoms with van der Waals surface area (Å²) in [6.07, 6.45) is 2.12. The van der Waals surface area contributed by atoms with E-state index in [4.69, 9.17) is 10.5 Å². The van der Waals surface area contributed by atoms with Crippen molar-refractivity contribution in [3.8, 4) is 0 Å². The fourth-order valence-corrected chi connectivity index (χ4v) is 2.34. The first kappa shape index (κ1) is 16.0. The second-order valence-corrected chi connectivity index (χ2v) is 5.44. The molecule has 0 aromatic rings. The highest BCUT2D eigenvalue weighted by Crippen LogP contribution is 2.26. The zero-order valence-electron chi connectivity index (χ0n) is 12.3. The molecule has 5 nitrogen and oxygen atoms in total. The molecule has 0 bridgehead atoms. The van der Waals surface area contributed by atoms with E-state index in [0.29, 0.717) is 39.1 Å². The Hall–Kier alpha value is -1.10. The van der Waals surface area contributed by atoms with Gasteiger partial charge < -0.3 is 15.4 Å². The summed E-state index contributed by atoms with van der Waals surface area (Å²) in [5.41, 5.74) is 5.24. The molecule has 1 unspecified atom stereocenters. The molecule has 0 aromatic carbocycles. The van der Waals surface area contributed by atoms with E-state index >= 15 is 0 Å². The molecule has 1 rings (SSSR count). The first-order valence-electron chi connectivity index (χ1n) is 7.14. The number of esters is 1.